The van der Waals surface area contributed by atoms with Gasteiger partial charge in [0.15, 0.2) is 0 Å². The Hall–Kier alpha value is -3.95. The Morgan fingerprint density at radius 1 is 1.05 bits per heavy atom. The fourth-order valence-electron chi connectivity index (χ4n) is 6.37. The first kappa shape index (κ1) is 25.3. The van der Waals surface area contributed by atoms with Crippen LogP contribution in [0.1, 0.15) is 22.9 Å². The van der Waals surface area contributed by atoms with Gasteiger partial charge >= 0.3 is 6.03 Å². The van der Waals surface area contributed by atoms with E-state index < -0.39 is 6.04 Å². The molecule has 1 spiro atoms. The maximum absolute atomic E-state index is 13.8. The molecule has 2 aliphatic heterocycles. The lowest BCUT2D eigenvalue weighted by Gasteiger charge is -2.56. The molecule has 39 heavy (non-hydrogen) atoms. The zero-order valence-corrected chi connectivity index (χ0v) is 21.8. The number of aryl methyl sites for hydroxylation is 1. The van der Waals surface area contributed by atoms with E-state index >= 15 is 0 Å². The minimum atomic E-state index is -0.577. The van der Waals surface area contributed by atoms with Crippen molar-refractivity contribution in [3.63, 3.8) is 0 Å². The van der Waals surface area contributed by atoms with Crippen LogP contribution in [0.15, 0.2) is 66.7 Å². The molecular weight excluding hydrogens is 502 g/mol. The van der Waals surface area contributed by atoms with Gasteiger partial charge in [0, 0.05) is 61.5 Å². The smallest absolute Gasteiger partial charge is 0.322 e. The van der Waals surface area contributed by atoms with Crippen molar-refractivity contribution in [1.82, 2.24) is 14.4 Å². The minimum Gasteiger partial charge on any atom is -0.497 e. The minimum absolute atomic E-state index is 0.256. The van der Waals surface area contributed by atoms with Gasteiger partial charge in [-0.3, -0.25) is 4.90 Å². The molecule has 0 bridgehead atoms. The van der Waals surface area contributed by atoms with E-state index in [-0.39, 0.29) is 29.7 Å². The molecular formula is C30H30F2N4O3. The average molecular weight is 533 g/mol. The van der Waals surface area contributed by atoms with E-state index in [2.05, 4.69) is 10.2 Å². The van der Waals surface area contributed by atoms with Crippen molar-refractivity contribution in [3.8, 4) is 5.75 Å². The molecule has 4 aromatic rings. The average Bonchev–Trinajstić information content (AvgIpc) is 3.21. The highest BCUT2D eigenvalue weighted by molar-refractivity contribution is 5.92. The van der Waals surface area contributed by atoms with Crippen molar-refractivity contribution in [2.45, 2.75) is 18.0 Å². The van der Waals surface area contributed by atoms with Crippen molar-refractivity contribution >= 4 is 22.6 Å². The first-order chi connectivity index (χ1) is 18.8. The Balaban J connectivity index is 1.40. The first-order valence-corrected chi connectivity index (χ1v) is 12.9. The molecule has 3 aromatic carbocycles. The van der Waals surface area contributed by atoms with Gasteiger partial charge in [0.05, 0.1) is 25.3 Å². The van der Waals surface area contributed by atoms with E-state index in [0.717, 1.165) is 33.5 Å². The molecule has 2 N–H and O–H groups in total. The van der Waals surface area contributed by atoms with E-state index in [0.29, 0.717) is 31.9 Å². The van der Waals surface area contributed by atoms with Gasteiger partial charge in [-0.05, 0) is 59.7 Å². The molecule has 0 unspecified atom stereocenters. The molecule has 9 heteroatoms. The van der Waals surface area contributed by atoms with Crippen LogP contribution in [-0.2, 0) is 19.0 Å². The van der Waals surface area contributed by atoms with E-state index in [1.165, 1.54) is 30.3 Å². The molecule has 0 aliphatic carbocycles. The van der Waals surface area contributed by atoms with Gasteiger partial charge in [0.2, 0.25) is 0 Å². The number of carbonyl (C=O) groups excluding carboxylic acids is 1. The molecule has 0 saturated carbocycles. The number of hydrogen-bond donors (Lipinski definition) is 2. The van der Waals surface area contributed by atoms with Crippen LogP contribution >= 0.6 is 0 Å². The summed E-state index contributed by atoms with van der Waals surface area (Å²) in [5, 5.41) is 14.5. The standard InChI is InChI=1S/C30H30F2N4O3/c1-34-25-13-23(39-2)10-11-24(25)27-28(34)26(15-37)36(29(38)33-22-8-6-20(31)7-9-22)18-30(27)16-35(17-30)14-19-4-3-5-21(32)12-19/h3-13,26,37H,14-18H2,1-2H3,(H,33,38)/t26-/m0/s1. The van der Waals surface area contributed by atoms with Crippen LogP contribution in [0.25, 0.3) is 10.9 Å². The van der Waals surface area contributed by atoms with Gasteiger partial charge in [-0.1, -0.05) is 12.1 Å². The number of aliphatic hydroxyl groups is 1. The van der Waals surface area contributed by atoms with E-state index in [1.807, 2.05) is 35.9 Å². The molecule has 3 heterocycles. The zero-order valence-electron chi connectivity index (χ0n) is 21.8. The summed E-state index contributed by atoms with van der Waals surface area (Å²) in [5.74, 6) is 0.0731. The van der Waals surface area contributed by atoms with Gasteiger partial charge < -0.3 is 24.6 Å². The molecule has 2 aliphatic rings. The maximum atomic E-state index is 13.8. The fraction of sp³-hybridized carbons (Fsp3) is 0.300. The van der Waals surface area contributed by atoms with Crippen molar-refractivity contribution in [2.75, 3.05) is 38.7 Å². The number of aromatic nitrogens is 1. The zero-order chi connectivity index (χ0) is 27.3. The lowest BCUT2D eigenvalue weighted by Crippen LogP contribution is -2.67. The second kappa shape index (κ2) is 9.66. The van der Waals surface area contributed by atoms with Crippen molar-refractivity contribution < 1.29 is 23.4 Å². The van der Waals surface area contributed by atoms with Gasteiger partial charge in [-0.15, -0.1) is 0 Å². The van der Waals surface area contributed by atoms with E-state index in [4.69, 9.17) is 4.74 Å². The Morgan fingerprint density at radius 3 is 2.51 bits per heavy atom. The Morgan fingerprint density at radius 2 is 1.82 bits per heavy atom. The van der Waals surface area contributed by atoms with Crippen LogP contribution in [-0.4, -0.2) is 58.9 Å². The lowest BCUT2D eigenvalue weighted by molar-refractivity contribution is 0.00762. The number of carbonyl (C=O) groups is 1. The lowest BCUT2D eigenvalue weighted by atomic mass is 9.68. The Bertz CT molecular complexity index is 1550. The molecule has 202 valence electrons. The third-order valence-corrected chi connectivity index (χ3v) is 8.03. The highest BCUT2D eigenvalue weighted by Crippen LogP contribution is 2.50. The van der Waals surface area contributed by atoms with Crippen LogP contribution in [0, 0.1) is 11.6 Å². The van der Waals surface area contributed by atoms with Crippen molar-refractivity contribution in [3.05, 3.63) is 95.2 Å². The molecule has 1 aromatic heterocycles. The van der Waals surface area contributed by atoms with Crippen LogP contribution in [0.5, 0.6) is 5.75 Å². The summed E-state index contributed by atoms with van der Waals surface area (Å²) in [7, 11) is 3.57. The first-order valence-electron chi connectivity index (χ1n) is 12.9. The van der Waals surface area contributed by atoms with Crippen LogP contribution in [0.2, 0.25) is 0 Å². The summed E-state index contributed by atoms with van der Waals surface area (Å²) in [4.78, 5) is 17.5. The molecule has 7 nitrogen and oxygen atoms in total. The number of likely N-dealkylation sites (tertiary alicyclic amines) is 1. The van der Waals surface area contributed by atoms with Gasteiger partial charge in [0.1, 0.15) is 17.4 Å². The highest BCUT2D eigenvalue weighted by Gasteiger charge is 2.54. The van der Waals surface area contributed by atoms with E-state index in [1.54, 1.807) is 24.1 Å². The van der Waals surface area contributed by atoms with Gasteiger partial charge in [0.25, 0.3) is 0 Å². The molecule has 2 amide bonds. The number of urea groups is 1. The molecule has 6 rings (SSSR count). The number of rotatable bonds is 5. The molecule has 0 radical (unpaired) electrons. The number of halogens is 2. The number of nitrogens with zero attached hydrogens (tertiary/aromatic N) is 3. The third kappa shape index (κ3) is 4.31. The monoisotopic (exact) mass is 532 g/mol. The molecule has 1 saturated heterocycles. The number of benzene rings is 3. The topological polar surface area (TPSA) is 70.0 Å². The van der Waals surface area contributed by atoms with E-state index in [9.17, 15) is 18.7 Å². The Labute approximate surface area is 225 Å². The number of nitrogens with one attached hydrogen (secondary N) is 1. The number of fused-ring (bicyclic) bond motifs is 4. The summed E-state index contributed by atoms with van der Waals surface area (Å²) in [6.07, 6.45) is 0. The van der Waals surface area contributed by atoms with Gasteiger partial charge in [-0.25, -0.2) is 13.6 Å². The predicted octanol–water partition coefficient (Wildman–Crippen LogP) is 4.80. The SMILES string of the molecule is COc1ccc2c3c(n(C)c2c1)[C@H](CO)N(C(=O)Nc1ccc(F)cc1)CC31CN(Cc2cccc(F)c2)C1. The second-order valence-corrected chi connectivity index (χ2v) is 10.5. The second-order valence-electron chi connectivity index (χ2n) is 10.5. The van der Waals surface area contributed by atoms with Gasteiger partial charge in [-0.2, -0.15) is 0 Å². The fourth-order valence-corrected chi connectivity index (χ4v) is 6.37. The quantitative estimate of drug-likeness (QED) is 0.388. The number of amides is 2. The summed E-state index contributed by atoms with van der Waals surface area (Å²) < 4.78 is 34.8. The van der Waals surface area contributed by atoms with Crippen molar-refractivity contribution in [1.29, 1.82) is 0 Å². The summed E-state index contributed by atoms with van der Waals surface area (Å²) >= 11 is 0. The highest BCUT2D eigenvalue weighted by atomic mass is 19.1. The largest absolute Gasteiger partial charge is 0.497 e. The van der Waals surface area contributed by atoms with Crippen LogP contribution in [0.3, 0.4) is 0 Å². The maximum Gasteiger partial charge on any atom is 0.322 e. The molecule has 1 atom stereocenters. The number of aliphatic hydroxyl groups excluding tert-OH is 1. The summed E-state index contributed by atoms with van der Waals surface area (Å²) in [5.41, 5.74) is 3.95. The third-order valence-electron chi connectivity index (χ3n) is 8.03. The van der Waals surface area contributed by atoms with Crippen LogP contribution in [0.4, 0.5) is 19.3 Å². The summed E-state index contributed by atoms with van der Waals surface area (Å²) in [6, 6.07) is 17.2. The van der Waals surface area contributed by atoms with Crippen molar-refractivity contribution in [2.24, 2.45) is 7.05 Å². The van der Waals surface area contributed by atoms with Crippen LogP contribution < -0.4 is 10.1 Å². The number of hydrogen-bond acceptors (Lipinski definition) is 4. The number of methoxy groups -OCH3 is 1. The summed E-state index contributed by atoms with van der Waals surface area (Å²) in [6.45, 7) is 2.07. The Kier molecular flexibility index (Phi) is 6.28. The number of ether oxygens (including phenoxy) is 1. The number of anilines is 1. The predicted molar refractivity (Wildman–Crippen MR) is 145 cm³/mol. The normalized spacial score (nSPS) is 18.2. The molecule has 1 fully saturated rings.